The average Bonchev–Trinajstić information content (AvgIpc) is 2.88. The maximum atomic E-state index is 4.01. The van der Waals surface area contributed by atoms with E-state index in [9.17, 15) is 0 Å². The molecule has 2 nitrogen and oxygen atoms in total. The molecule has 78 valence electrons. The summed E-state index contributed by atoms with van der Waals surface area (Å²) in [4.78, 5) is 4.01. The lowest BCUT2D eigenvalue weighted by molar-refractivity contribution is 0.857. The lowest BCUT2D eigenvalue weighted by atomic mass is 10.2. The average molecular weight is 200 g/mol. The molecule has 2 aromatic rings. The van der Waals surface area contributed by atoms with Crippen molar-refractivity contribution >= 4 is 10.8 Å². The molecule has 0 saturated carbocycles. The second kappa shape index (κ2) is 5.47. The summed E-state index contributed by atoms with van der Waals surface area (Å²) in [5.41, 5.74) is 0. The minimum Gasteiger partial charge on any atom is -0.317 e. The molecule has 0 radical (unpaired) electrons. The van der Waals surface area contributed by atoms with Crippen molar-refractivity contribution < 1.29 is 0 Å². The fraction of sp³-hybridized carbons (Fsp3) is 0.308. The predicted octanol–water partition coefficient (Wildman–Crippen LogP) is 2.60. The molecule has 1 aromatic heterocycles. The van der Waals surface area contributed by atoms with Gasteiger partial charge in [0.05, 0.1) is 0 Å². The van der Waals surface area contributed by atoms with E-state index < -0.39 is 0 Å². The Hall–Kier alpha value is -1.41. The van der Waals surface area contributed by atoms with Crippen LogP contribution in [0.25, 0.3) is 10.8 Å². The number of fused-ring (bicyclic) bond motifs is 1. The van der Waals surface area contributed by atoms with E-state index in [1.807, 2.05) is 30.6 Å². The molecular weight excluding hydrogens is 184 g/mol. The molecule has 0 amide bonds. The van der Waals surface area contributed by atoms with Crippen LogP contribution in [0.1, 0.15) is 12.8 Å². The molecule has 1 N–H and O–H groups in total. The molecule has 1 aliphatic heterocycles. The van der Waals surface area contributed by atoms with Crippen LogP contribution in [0.15, 0.2) is 42.7 Å². The third-order valence-electron chi connectivity index (χ3n) is 2.51. The molecular formula is C13H16N2. The van der Waals surface area contributed by atoms with E-state index in [4.69, 9.17) is 0 Å². The Bertz CT molecular complexity index is 335. The van der Waals surface area contributed by atoms with Crippen LogP contribution in [0.3, 0.4) is 0 Å². The molecule has 1 fully saturated rings. The Kier molecular flexibility index (Phi) is 3.69. The van der Waals surface area contributed by atoms with Crippen LogP contribution < -0.4 is 5.32 Å². The first-order valence-electron chi connectivity index (χ1n) is 5.46. The van der Waals surface area contributed by atoms with Crippen LogP contribution in [0.4, 0.5) is 0 Å². The van der Waals surface area contributed by atoms with Gasteiger partial charge in [0, 0.05) is 12.4 Å². The summed E-state index contributed by atoms with van der Waals surface area (Å²) >= 11 is 0. The zero-order valence-corrected chi connectivity index (χ0v) is 8.82. The normalized spacial score (nSPS) is 14.7. The van der Waals surface area contributed by atoms with Gasteiger partial charge in [-0.05, 0) is 42.8 Å². The Morgan fingerprint density at radius 1 is 0.933 bits per heavy atom. The van der Waals surface area contributed by atoms with E-state index in [0.717, 1.165) is 0 Å². The van der Waals surface area contributed by atoms with E-state index in [1.54, 1.807) is 0 Å². The topological polar surface area (TPSA) is 24.9 Å². The number of nitrogens with zero attached hydrogens (tertiary/aromatic N) is 1. The van der Waals surface area contributed by atoms with E-state index in [1.165, 1.54) is 36.7 Å². The Balaban J connectivity index is 0.000000144. The van der Waals surface area contributed by atoms with E-state index in [-0.39, 0.29) is 0 Å². The lowest BCUT2D eigenvalue weighted by Gasteiger charge is -1.91. The number of rotatable bonds is 0. The largest absolute Gasteiger partial charge is 0.317 e. The summed E-state index contributed by atoms with van der Waals surface area (Å²) < 4.78 is 0. The quantitative estimate of drug-likeness (QED) is 0.707. The molecule has 1 aliphatic rings. The van der Waals surface area contributed by atoms with Crippen molar-refractivity contribution in [3.63, 3.8) is 0 Å². The third kappa shape index (κ3) is 3.03. The summed E-state index contributed by atoms with van der Waals surface area (Å²) in [5.74, 6) is 0. The fourth-order valence-corrected chi connectivity index (χ4v) is 1.65. The Morgan fingerprint density at radius 2 is 1.67 bits per heavy atom. The SMILES string of the molecule is C1CCNC1.c1ccc2cnccc2c1. The van der Waals surface area contributed by atoms with Crippen molar-refractivity contribution in [1.82, 2.24) is 10.3 Å². The highest BCUT2D eigenvalue weighted by Gasteiger charge is 1.93. The summed E-state index contributed by atoms with van der Waals surface area (Å²) in [6, 6.07) is 10.2. The van der Waals surface area contributed by atoms with E-state index in [0.29, 0.717) is 0 Å². The zero-order chi connectivity index (χ0) is 10.3. The van der Waals surface area contributed by atoms with Crippen molar-refractivity contribution in [3.8, 4) is 0 Å². The van der Waals surface area contributed by atoms with Crippen molar-refractivity contribution in [2.75, 3.05) is 13.1 Å². The van der Waals surface area contributed by atoms with Crippen molar-refractivity contribution in [2.45, 2.75) is 12.8 Å². The van der Waals surface area contributed by atoms with Crippen molar-refractivity contribution in [3.05, 3.63) is 42.7 Å². The minimum absolute atomic E-state index is 1.20. The van der Waals surface area contributed by atoms with Crippen molar-refractivity contribution in [1.29, 1.82) is 0 Å². The van der Waals surface area contributed by atoms with Crippen molar-refractivity contribution in [2.24, 2.45) is 0 Å². The highest BCUT2D eigenvalue weighted by atomic mass is 14.9. The first kappa shape index (κ1) is 10.1. The molecule has 0 spiro atoms. The molecule has 1 saturated heterocycles. The molecule has 3 rings (SSSR count). The summed E-state index contributed by atoms with van der Waals surface area (Å²) in [7, 11) is 0. The molecule has 2 heteroatoms. The molecule has 15 heavy (non-hydrogen) atoms. The van der Waals surface area contributed by atoms with Crippen LogP contribution in [0.5, 0.6) is 0 Å². The number of hydrogen-bond donors (Lipinski definition) is 1. The van der Waals surface area contributed by atoms with Crippen LogP contribution in [0, 0.1) is 0 Å². The van der Waals surface area contributed by atoms with Gasteiger partial charge in [-0.2, -0.15) is 0 Å². The third-order valence-corrected chi connectivity index (χ3v) is 2.51. The number of hydrogen-bond acceptors (Lipinski definition) is 2. The van der Waals surface area contributed by atoms with Crippen LogP contribution in [-0.4, -0.2) is 18.1 Å². The maximum Gasteiger partial charge on any atom is 0.0346 e. The van der Waals surface area contributed by atoms with Gasteiger partial charge in [0.2, 0.25) is 0 Å². The Labute approximate surface area is 90.3 Å². The second-order valence-corrected chi connectivity index (χ2v) is 3.68. The highest BCUT2D eigenvalue weighted by Crippen LogP contribution is 2.09. The summed E-state index contributed by atoms with van der Waals surface area (Å²) in [5, 5.41) is 5.67. The molecule has 2 heterocycles. The maximum absolute atomic E-state index is 4.01. The van der Waals surface area contributed by atoms with Crippen LogP contribution in [0.2, 0.25) is 0 Å². The number of pyridine rings is 1. The monoisotopic (exact) mass is 200 g/mol. The van der Waals surface area contributed by atoms with Gasteiger partial charge in [-0.3, -0.25) is 4.98 Å². The minimum atomic E-state index is 1.20. The molecule has 0 unspecified atom stereocenters. The second-order valence-electron chi connectivity index (χ2n) is 3.68. The predicted molar refractivity (Wildman–Crippen MR) is 63.8 cm³/mol. The summed E-state index contributed by atoms with van der Waals surface area (Å²) in [6.45, 7) is 2.50. The van der Waals surface area contributed by atoms with Gasteiger partial charge in [0.1, 0.15) is 0 Å². The van der Waals surface area contributed by atoms with E-state index in [2.05, 4.69) is 22.4 Å². The van der Waals surface area contributed by atoms with E-state index >= 15 is 0 Å². The first-order valence-corrected chi connectivity index (χ1v) is 5.46. The van der Waals surface area contributed by atoms with Crippen LogP contribution in [-0.2, 0) is 0 Å². The number of benzene rings is 1. The van der Waals surface area contributed by atoms with Gasteiger partial charge in [-0.15, -0.1) is 0 Å². The molecule has 1 aromatic carbocycles. The number of nitrogens with one attached hydrogen (secondary N) is 1. The lowest BCUT2D eigenvalue weighted by Crippen LogP contribution is -2.03. The standard InChI is InChI=1S/C9H7N.C4H9N/c1-2-4-9-7-10-6-5-8(9)3-1;1-2-4-5-3-1/h1-7H;5H,1-4H2. The van der Waals surface area contributed by atoms with Gasteiger partial charge in [-0.25, -0.2) is 0 Å². The smallest absolute Gasteiger partial charge is 0.0346 e. The van der Waals surface area contributed by atoms with Gasteiger partial charge in [0.25, 0.3) is 0 Å². The van der Waals surface area contributed by atoms with Gasteiger partial charge < -0.3 is 5.32 Å². The fourth-order valence-electron chi connectivity index (χ4n) is 1.65. The molecule has 0 atom stereocenters. The molecule has 0 bridgehead atoms. The summed E-state index contributed by atoms with van der Waals surface area (Å²) in [6.07, 6.45) is 6.46. The zero-order valence-electron chi connectivity index (χ0n) is 8.82. The van der Waals surface area contributed by atoms with Crippen LogP contribution >= 0.6 is 0 Å². The first-order chi connectivity index (χ1) is 7.47. The number of aromatic nitrogens is 1. The molecule has 0 aliphatic carbocycles. The van der Waals surface area contributed by atoms with Gasteiger partial charge in [0.15, 0.2) is 0 Å². The van der Waals surface area contributed by atoms with Gasteiger partial charge in [-0.1, -0.05) is 24.3 Å². The highest BCUT2D eigenvalue weighted by molar-refractivity contribution is 5.80. The van der Waals surface area contributed by atoms with Gasteiger partial charge >= 0.3 is 0 Å². The Morgan fingerprint density at radius 3 is 2.27 bits per heavy atom.